The van der Waals surface area contributed by atoms with E-state index in [9.17, 15) is 40.3 Å². The van der Waals surface area contributed by atoms with Crippen molar-refractivity contribution in [1.29, 1.82) is 0 Å². The number of benzene rings is 1. The molecule has 3 aromatic heterocycles. The average Bonchev–Trinajstić information content (AvgIpc) is 2.87. The fourth-order valence-corrected chi connectivity index (χ4v) is 3.57. The monoisotopic (exact) mass is 574 g/mol. The van der Waals surface area contributed by atoms with E-state index >= 15 is 0 Å². The van der Waals surface area contributed by atoms with Gasteiger partial charge < -0.3 is 15.0 Å². The van der Waals surface area contributed by atoms with Gasteiger partial charge in [-0.2, -0.15) is 27.1 Å². The topological polar surface area (TPSA) is 129 Å². The highest BCUT2D eigenvalue weighted by Gasteiger charge is 2.36. The number of ether oxygens (including phenoxy) is 1. The summed E-state index contributed by atoms with van der Waals surface area (Å²) in [5, 5.41) is 4.58. The Hall–Kier alpha value is -4.50. The summed E-state index contributed by atoms with van der Waals surface area (Å²) >= 11 is 0. The normalized spacial score (nSPS) is 11.4. The fraction of sp³-hybridized carbons (Fsp3) is 0.292. The van der Waals surface area contributed by atoms with Crippen LogP contribution in [0.25, 0.3) is 22.2 Å². The molecule has 16 heteroatoms. The predicted molar refractivity (Wildman–Crippen MR) is 130 cm³/mol. The number of pyridine rings is 1. The number of nitrogens with zero attached hydrogens (tertiary/aromatic N) is 4. The molecule has 0 bridgehead atoms. The van der Waals surface area contributed by atoms with Gasteiger partial charge in [0.15, 0.2) is 23.2 Å². The van der Waals surface area contributed by atoms with Crippen molar-refractivity contribution in [2.75, 3.05) is 5.73 Å². The summed E-state index contributed by atoms with van der Waals surface area (Å²) in [6, 6.07) is 2.78. The van der Waals surface area contributed by atoms with Crippen molar-refractivity contribution in [3.8, 4) is 17.1 Å². The van der Waals surface area contributed by atoms with E-state index in [1.807, 2.05) is 6.92 Å². The lowest BCUT2D eigenvalue weighted by Crippen LogP contribution is -2.24. The first-order valence-electron chi connectivity index (χ1n) is 11.5. The molecule has 214 valence electrons. The number of halogens is 7. The van der Waals surface area contributed by atoms with Gasteiger partial charge in [-0.25, -0.2) is 23.8 Å². The number of H-pyrrole nitrogens is 1. The summed E-state index contributed by atoms with van der Waals surface area (Å²) in [7, 11) is 0. The molecule has 0 aliphatic rings. The summed E-state index contributed by atoms with van der Waals surface area (Å²) in [6.45, 7) is -0.613. The van der Waals surface area contributed by atoms with Gasteiger partial charge in [0, 0.05) is 12.7 Å². The van der Waals surface area contributed by atoms with E-state index in [4.69, 9.17) is 5.73 Å². The van der Waals surface area contributed by atoms with E-state index in [1.165, 1.54) is 22.9 Å². The van der Waals surface area contributed by atoms with Gasteiger partial charge in [-0.1, -0.05) is 19.8 Å². The van der Waals surface area contributed by atoms with Gasteiger partial charge in [-0.3, -0.25) is 9.59 Å². The highest BCUT2D eigenvalue weighted by molar-refractivity contribution is 5.86. The van der Waals surface area contributed by atoms with Gasteiger partial charge in [0.05, 0.1) is 35.2 Å². The van der Waals surface area contributed by atoms with Gasteiger partial charge in [0.25, 0.3) is 11.1 Å². The van der Waals surface area contributed by atoms with Crippen LogP contribution in [0.4, 0.5) is 36.4 Å². The van der Waals surface area contributed by atoms with Crippen molar-refractivity contribution < 1.29 is 35.5 Å². The number of aryl methyl sites for hydroxylation is 1. The molecule has 0 saturated carbocycles. The Morgan fingerprint density at radius 3 is 2.30 bits per heavy atom. The minimum Gasteiger partial charge on any atom is -0.432 e. The third-order valence-electron chi connectivity index (χ3n) is 5.41. The summed E-state index contributed by atoms with van der Waals surface area (Å²) in [6.07, 6.45) is 2.04. The van der Waals surface area contributed by atoms with Gasteiger partial charge in [0.2, 0.25) is 0 Å². The van der Waals surface area contributed by atoms with Crippen LogP contribution in [0.3, 0.4) is 0 Å². The Bertz CT molecular complexity index is 1590. The molecule has 0 unspecified atom stereocenters. The van der Waals surface area contributed by atoms with Crippen LogP contribution >= 0.6 is 0 Å². The number of fused-ring (bicyclic) bond motifs is 1. The summed E-state index contributed by atoms with van der Waals surface area (Å²) in [5.41, 5.74) is 0.601. The van der Waals surface area contributed by atoms with E-state index in [-0.39, 0.29) is 27.9 Å². The lowest BCUT2D eigenvalue weighted by atomic mass is 10.1. The van der Waals surface area contributed by atoms with E-state index in [0.717, 1.165) is 37.9 Å². The van der Waals surface area contributed by atoms with Crippen LogP contribution in [-0.4, -0.2) is 31.3 Å². The Labute approximate surface area is 220 Å². The van der Waals surface area contributed by atoms with E-state index < -0.39 is 46.8 Å². The van der Waals surface area contributed by atoms with Gasteiger partial charge >= 0.3 is 12.8 Å². The maximum Gasteiger partial charge on any atom is 0.423 e. The Balaban J connectivity index is 0.000000307. The first kappa shape index (κ1) is 30.0. The quantitative estimate of drug-likeness (QED) is 0.237. The zero-order valence-corrected chi connectivity index (χ0v) is 20.6. The van der Waals surface area contributed by atoms with Crippen molar-refractivity contribution in [1.82, 2.24) is 24.7 Å². The molecule has 4 aromatic rings. The van der Waals surface area contributed by atoms with Crippen LogP contribution in [0.5, 0.6) is 5.75 Å². The van der Waals surface area contributed by atoms with Crippen molar-refractivity contribution in [3.63, 3.8) is 0 Å². The van der Waals surface area contributed by atoms with Crippen LogP contribution in [0, 0.1) is 11.6 Å². The molecule has 0 amide bonds. The molecule has 0 aliphatic heterocycles. The number of hydrogen-bond acceptors (Lipinski definition) is 7. The highest BCUT2D eigenvalue weighted by atomic mass is 19.4. The predicted octanol–water partition coefficient (Wildman–Crippen LogP) is 4.90. The Morgan fingerprint density at radius 2 is 1.75 bits per heavy atom. The van der Waals surface area contributed by atoms with E-state index in [2.05, 4.69) is 19.8 Å². The summed E-state index contributed by atoms with van der Waals surface area (Å²) in [5.74, 6) is -3.10. The van der Waals surface area contributed by atoms with Crippen LogP contribution in [0.2, 0.25) is 0 Å². The number of hydrogen-bond donors (Lipinski definition) is 2. The number of nitrogen functional groups attached to an aromatic ring is 1. The molecule has 0 spiro atoms. The molecule has 0 atom stereocenters. The third-order valence-corrected chi connectivity index (χ3v) is 5.41. The first-order chi connectivity index (χ1) is 18.8. The zero-order chi connectivity index (χ0) is 29.6. The maximum atomic E-state index is 14.7. The fourth-order valence-electron chi connectivity index (χ4n) is 3.57. The average molecular weight is 574 g/mol. The highest BCUT2D eigenvalue weighted by Crippen LogP contribution is 2.30. The van der Waals surface area contributed by atoms with E-state index in [1.54, 1.807) is 5.10 Å². The number of rotatable bonds is 7. The minimum absolute atomic E-state index is 0.196. The first-order valence-corrected chi connectivity index (χ1v) is 11.5. The molecular weight excluding hydrogens is 553 g/mol. The number of nitrogens with two attached hydrogens (primary N) is 1. The van der Waals surface area contributed by atoms with Crippen LogP contribution in [-0.2, 0) is 12.7 Å². The van der Waals surface area contributed by atoms with Crippen molar-refractivity contribution in [3.05, 3.63) is 74.8 Å². The van der Waals surface area contributed by atoms with E-state index in [0.29, 0.717) is 6.54 Å². The molecule has 0 aliphatic carbocycles. The Kier molecular flexibility index (Phi) is 9.44. The van der Waals surface area contributed by atoms with Crippen LogP contribution < -0.4 is 21.6 Å². The number of alkyl halides is 5. The van der Waals surface area contributed by atoms with Crippen LogP contribution in [0.1, 0.15) is 31.7 Å². The standard InChI is InChI=1S/C19H17F4N3O2.C5H4F3N3O/c1-2-3-4-6-26-7-5-11-8-13(15(20)16(21)14(11)18(26)27)17-24-9-12(10-25-17)28-19(22)23;6-5(7,8)3-2(9)1-10-11-4(3)12/h5,7-10,19H,2-4,6H2,1H3;1H,(H3,9,11,12). The Morgan fingerprint density at radius 1 is 1.07 bits per heavy atom. The largest absolute Gasteiger partial charge is 0.432 e. The lowest BCUT2D eigenvalue weighted by Gasteiger charge is -2.10. The molecule has 4 rings (SSSR count). The molecular formula is C24H21F7N6O3. The van der Waals surface area contributed by atoms with Crippen LogP contribution in [0.15, 0.2) is 46.5 Å². The number of anilines is 1. The molecule has 3 N–H and O–H groups in total. The third kappa shape index (κ3) is 6.92. The smallest absolute Gasteiger partial charge is 0.423 e. The van der Waals surface area contributed by atoms with Gasteiger partial charge in [-0.15, -0.1) is 0 Å². The molecule has 3 heterocycles. The molecule has 0 saturated heterocycles. The molecule has 40 heavy (non-hydrogen) atoms. The van der Waals surface area contributed by atoms with Crippen molar-refractivity contribution in [2.45, 2.75) is 45.5 Å². The summed E-state index contributed by atoms with van der Waals surface area (Å²) < 4.78 is 95.0. The van der Waals surface area contributed by atoms with Gasteiger partial charge in [-0.05, 0) is 23.9 Å². The minimum atomic E-state index is -4.74. The number of aromatic amines is 1. The van der Waals surface area contributed by atoms with Crippen molar-refractivity contribution >= 4 is 16.5 Å². The molecule has 0 fully saturated rings. The van der Waals surface area contributed by atoms with Crippen molar-refractivity contribution in [2.24, 2.45) is 0 Å². The number of unbranched alkanes of at least 4 members (excludes halogenated alkanes) is 2. The summed E-state index contributed by atoms with van der Waals surface area (Å²) in [4.78, 5) is 30.6. The second-order valence-electron chi connectivity index (χ2n) is 8.19. The second kappa shape index (κ2) is 12.6. The number of nitrogens with one attached hydrogen (secondary N) is 1. The zero-order valence-electron chi connectivity index (χ0n) is 20.6. The second-order valence-corrected chi connectivity index (χ2v) is 8.19. The molecule has 9 nitrogen and oxygen atoms in total. The lowest BCUT2D eigenvalue weighted by molar-refractivity contribution is -0.138. The van der Waals surface area contributed by atoms with Gasteiger partial charge in [0.1, 0.15) is 5.56 Å². The molecule has 0 radical (unpaired) electrons. The maximum absolute atomic E-state index is 14.7. The SMILES string of the molecule is CCCCCn1ccc2cc(-c3ncc(OC(F)F)cn3)c(F)c(F)c2c1=O.Nc1cn[nH]c(=O)c1C(F)(F)F. The molecule has 1 aromatic carbocycles. The number of aromatic nitrogens is 5.